The molecule has 0 spiro atoms. The number of aromatic nitrogens is 2. The fourth-order valence-electron chi connectivity index (χ4n) is 2.37. The minimum absolute atomic E-state index is 0.197. The monoisotopic (exact) mass is 350 g/mol. The van der Waals surface area contributed by atoms with Crippen molar-refractivity contribution in [3.63, 3.8) is 0 Å². The molecule has 0 unspecified atom stereocenters. The fourth-order valence-corrected chi connectivity index (χ4v) is 2.37. The van der Waals surface area contributed by atoms with E-state index in [0.717, 1.165) is 0 Å². The molecule has 26 heavy (non-hydrogen) atoms. The van der Waals surface area contributed by atoms with Gasteiger partial charge in [0.1, 0.15) is 17.3 Å². The van der Waals surface area contributed by atoms with Crippen LogP contribution in [0.4, 0.5) is 21.6 Å². The van der Waals surface area contributed by atoms with E-state index < -0.39 is 0 Å². The van der Waals surface area contributed by atoms with E-state index in [-0.39, 0.29) is 17.4 Å². The first-order valence-electron chi connectivity index (χ1n) is 8.27. The molecule has 2 aromatic carbocycles. The van der Waals surface area contributed by atoms with Crippen molar-refractivity contribution in [2.75, 3.05) is 10.6 Å². The highest BCUT2D eigenvalue weighted by Gasteiger charge is 2.09. The van der Waals surface area contributed by atoms with Gasteiger partial charge >= 0.3 is 0 Å². The van der Waals surface area contributed by atoms with Gasteiger partial charge in [-0.05, 0) is 41.8 Å². The van der Waals surface area contributed by atoms with Crippen molar-refractivity contribution < 1.29 is 9.18 Å². The molecule has 1 aromatic heterocycles. The van der Waals surface area contributed by atoms with Gasteiger partial charge in [0, 0.05) is 11.4 Å². The van der Waals surface area contributed by atoms with E-state index in [0.29, 0.717) is 23.1 Å². The van der Waals surface area contributed by atoms with E-state index in [1.54, 1.807) is 12.1 Å². The standard InChI is InChI=1S/C20H19FN4O/c1-13(2)14-6-8-16(9-7-14)25-20(26)18-11-23-19(12-22-18)24-17-5-3-4-15(21)10-17/h3-13H,1-2H3,(H,23,24)(H,25,26). The third kappa shape index (κ3) is 4.42. The van der Waals surface area contributed by atoms with Gasteiger partial charge in [-0.25, -0.2) is 14.4 Å². The molecule has 0 bridgehead atoms. The summed E-state index contributed by atoms with van der Waals surface area (Å²) in [5, 5.41) is 5.72. The second-order valence-corrected chi connectivity index (χ2v) is 6.15. The molecule has 0 radical (unpaired) electrons. The van der Waals surface area contributed by atoms with Gasteiger partial charge in [0.05, 0.1) is 12.4 Å². The van der Waals surface area contributed by atoms with Crippen LogP contribution in [0.15, 0.2) is 60.9 Å². The summed E-state index contributed by atoms with van der Waals surface area (Å²) in [5.74, 6) is 0.173. The van der Waals surface area contributed by atoms with E-state index in [9.17, 15) is 9.18 Å². The molecular weight excluding hydrogens is 331 g/mol. The first-order chi connectivity index (χ1) is 12.5. The summed E-state index contributed by atoms with van der Waals surface area (Å²) in [5.41, 5.74) is 2.66. The van der Waals surface area contributed by atoms with Gasteiger partial charge in [-0.2, -0.15) is 0 Å². The molecule has 0 saturated carbocycles. The third-order valence-corrected chi connectivity index (χ3v) is 3.82. The Balaban J connectivity index is 1.65. The minimum atomic E-state index is -0.345. The maximum atomic E-state index is 13.2. The number of nitrogens with one attached hydrogen (secondary N) is 2. The molecule has 0 fully saturated rings. The van der Waals surface area contributed by atoms with Crippen LogP contribution < -0.4 is 10.6 Å². The first-order valence-corrected chi connectivity index (χ1v) is 8.27. The topological polar surface area (TPSA) is 66.9 Å². The molecule has 0 saturated heterocycles. The molecule has 0 aliphatic rings. The first kappa shape index (κ1) is 17.5. The number of hydrogen-bond acceptors (Lipinski definition) is 4. The highest BCUT2D eigenvalue weighted by Crippen LogP contribution is 2.18. The van der Waals surface area contributed by atoms with Gasteiger partial charge in [0.15, 0.2) is 0 Å². The van der Waals surface area contributed by atoms with Crippen LogP contribution in [0.2, 0.25) is 0 Å². The largest absolute Gasteiger partial charge is 0.339 e. The summed E-state index contributed by atoms with van der Waals surface area (Å²) in [6.45, 7) is 4.23. The van der Waals surface area contributed by atoms with Crippen molar-refractivity contribution in [3.05, 3.63) is 78.0 Å². The lowest BCUT2D eigenvalue weighted by molar-refractivity contribution is 0.102. The summed E-state index contributed by atoms with van der Waals surface area (Å²) in [6.07, 6.45) is 2.81. The molecule has 0 atom stereocenters. The van der Waals surface area contributed by atoms with E-state index in [4.69, 9.17) is 0 Å². The number of anilines is 3. The van der Waals surface area contributed by atoms with Gasteiger partial charge in [-0.3, -0.25) is 4.79 Å². The lowest BCUT2D eigenvalue weighted by Gasteiger charge is -2.09. The van der Waals surface area contributed by atoms with Gasteiger partial charge in [-0.15, -0.1) is 0 Å². The second kappa shape index (κ2) is 7.74. The van der Waals surface area contributed by atoms with E-state index >= 15 is 0 Å². The third-order valence-electron chi connectivity index (χ3n) is 3.82. The predicted molar refractivity (Wildman–Crippen MR) is 100 cm³/mol. The molecular formula is C20H19FN4O. The SMILES string of the molecule is CC(C)c1ccc(NC(=O)c2cnc(Nc3cccc(F)c3)cn2)cc1. The Morgan fingerprint density at radius 2 is 1.77 bits per heavy atom. The summed E-state index contributed by atoms with van der Waals surface area (Å²) < 4.78 is 13.2. The van der Waals surface area contributed by atoms with Crippen LogP contribution in [-0.2, 0) is 0 Å². The predicted octanol–water partition coefficient (Wildman–Crippen LogP) is 4.74. The van der Waals surface area contributed by atoms with Crippen molar-refractivity contribution in [1.29, 1.82) is 0 Å². The van der Waals surface area contributed by atoms with Crippen molar-refractivity contribution >= 4 is 23.1 Å². The van der Waals surface area contributed by atoms with Crippen LogP contribution in [0.3, 0.4) is 0 Å². The van der Waals surface area contributed by atoms with Crippen LogP contribution in [-0.4, -0.2) is 15.9 Å². The van der Waals surface area contributed by atoms with Crippen molar-refractivity contribution in [3.8, 4) is 0 Å². The number of amides is 1. The summed E-state index contributed by atoms with van der Waals surface area (Å²) in [6, 6.07) is 13.7. The lowest BCUT2D eigenvalue weighted by Crippen LogP contribution is -2.14. The second-order valence-electron chi connectivity index (χ2n) is 6.15. The Morgan fingerprint density at radius 3 is 2.38 bits per heavy atom. The van der Waals surface area contributed by atoms with Crippen LogP contribution in [0, 0.1) is 5.82 Å². The molecule has 2 N–H and O–H groups in total. The number of hydrogen-bond donors (Lipinski definition) is 2. The van der Waals surface area contributed by atoms with Crippen molar-refractivity contribution in [2.24, 2.45) is 0 Å². The number of carbonyl (C=O) groups is 1. The Hall–Kier alpha value is -3.28. The minimum Gasteiger partial charge on any atom is -0.339 e. The molecule has 3 aromatic rings. The summed E-state index contributed by atoms with van der Waals surface area (Å²) >= 11 is 0. The number of benzene rings is 2. The van der Waals surface area contributed by atoms with Gasteiger partial charge < -0.3 is 10.6 Å². The quantitative estimate of drug-likeness (QED) is 0.698. The Bertz CT molecular complexity index is 892. The highest BCUT2D eigenvalue weighted by molar-refractivity contribution is 6.02. The van der Waals surface area contributed by atoms with E-state index in [1.807, 2.05) is 24.3 Å². The van der Waals surface area contributed by atoms with Crippen LogP contribution in [0.5, 0.6) is 0 Å². The highest BCUT2D eigenvalue weighted by atomic mass is 19.1. The van der Waals surface area contributed by atoms with Crippen LogP contribution in [0.1, 0.15) is 35.8 Å². The Labute approximate surface area is 151 Å². The molecule has 1 heterocycles. The Kier molecular flexibility index (Phi) is 5.22. The van der Waals surface area contributed by atoms with Gasteiger partial charge in [0.2, 0.25) is 0 Å². The molecule has 0 aliphatic carbocycles. The molecule has 3 rings (SSSR count). The van der Waals surface area contributed by atoms with Crippen molar-refractivity contribution in [1.82, 2.24) is 9.97 Å². The smallest absolute Gasteiger partial charge is 0.275 e. The fraction of sp³-hybridized carbons (Fsp3) is 0.150. The van der Waals surface area contributed by atoms with Crippen LogP contribution in [0.25, 0.3) is 0 Å². The molecule has 5 nitrogen and oxygen atoms in total. The Morgan fingerprint density at radius 1 is 1.00 bits per heavy atom. The average Bonchev–Trinajstić information content (AvgIpc) is 2.63. The normalized spacial score (nSPS) is 10.6. The number of carbonyl (C=O) groups excluding carboxylic acids is 1. The molecule has 132 valence electrons. The number of rotatable bonds is 5. The zero-order chi connectivity index (χ0) is 18.5. The molecule has 6 heteroatoms. The maximum absolute atomic E-state index is 13.2. The van der Waals surface area contributed by atoms with Gasteiger partial charge in [-0.1, -0.05) is 32.0 Å². The zero-order valence-corrected chi connectivity index (χ0v) is 14.5. The van der Waals surface area contributed by atoms with Crippen LogP contribution >= 0.6 is 0 Å². The van der Waals surface area contributed by atoms with E-state index in [2.05, 4.69) is 34.4 Å². The van der Waals surface area contributed by atoms with E-state index in [1.165, 1.54) is 30.1 Å². The zero-order valence-electron chi connectivity index (χ0n) is 14.5. The average molecular weight is 350 g/mol. The summed E-state index contributed by atoms with van der Waals surface area (Å²) in [7, 11) is 0. The van der Waals surface area contributed by atoms with Gasteiger partial charge in [0.25, 0.3) is 5.91 Å². The number of nitrogens with zero attached hydrogens (tertiary/aromatic N) is 2. The maximum Gasteiger partial charge on any atom is 0.275 e. The lowest BCUT2D eigenvalue weighted by atomic mass is 10.0. The molecule has 0 aliphatic heterocycles. The summed E-state index contributed by atoms with van der Waals surface area (Å²) in [4.78, 5) is 20.5. The van der Waals surface area contributed by atoms with Crippen molar-refractivity contribution in [2.45, 2.75) is 19.8 Å². The molecule has 1 amide bonds. The number of halogens is 1.